The first kappa shape index (κ1) is 14.2. The van der Waals surface area contributed by atoms with Gasteiger partial charge in [0, 0.05) is 32.9 Å². The molecule has 1 unspecified atom stereocenters. The van der Waals surface area contributed by atoms with Crippen molar-refractivity contribution in [3.05, 3.63) is 18.0 Å². The molecule has 0 aliphatic carbocycles. The highest BCUT2D eigenvalue weighted by atomic mass is 16.5. The van der Waals surface area contributed by atoms with E-state index in [0.717, 1.165) is 25.2 Å². The van der Waals surface area contributed by atoms with Crippen LogP contribution in [0.4, 0.5) is 0 Å². The number of methoxy groups -OCH3 is 1. The van der Waals surface area contributed by atoms with E-state index >= 15 is 0 Å². The Morgan fingerprint density at radius 1 is 1.59 bits per heavy atom. The standard InChI is InChI=1S/C12H23N3O2/c1-4-8-15-11(5-6-14-15)12(2,16)10-13-7-9-17-3/h5-6,13,16H,4,7-10H2,1-3H3. The molecule has 98 valence electrons. The van der Waals surface area contributed by atoms with Crippen LogP contribution in [0, 0.1) is 0 Å². The zero-order valence-corrected chi connectivity index (χ0v) is 10.9. The van der Waals surface area contributed by atoms with Crippen molar-refractivity contribution in [3.63, 3.8) is 0 Å². The first-order valence-electron chi connectivity index (χ1n) is 6.06. The molecule has 0 spiro atoms. The van der Waals surface area contributed by atoms with Gasteiger partial charge < -0.3 is 15.2 Å². The number of aromatic nitrogens is 2. The first-order chi connectivity index (χ1) is 8.11. The zero-order chi connectivity index (χ0) is 12.7. The molecule has 0 amide bonds. The lowest BCUT2D eigenvalue weighted by Gasteiger charge is -2.24. The highest BCUT2D eigenvalue weighted by molar-refractivity contribution is 5.11. The molecule has 1 atom stereocenters. The Morgan fingerprint density at radius 3 is 3.00 bits per heavy atom. The third-order valence-electron chi connectivity index (χ3n) is 2.66. The molecule has 0 saturated carbocycles. The van der Waals surface area contributed by atoms with Gasteiger partial charge >= 0.3 is 0 Å². The van der Waals surface area contributed by atoms with Gasteiger partial charge in [-0.15, -0.1) is 0 Å². The van der Waals surface area contributed by atoms with E-state index in [-0.39, 0.29) is 0 Å². The topological polar surface area (TPSA) is 59.3 Å². The van der Waals surface area contributed by atoms with Crippen LogP contribution in [0.25, 0.3) is 0 Å². The SMILES string of the molecule is CCCn1nccc1C(C)(O)CNCCOC. The molecular formula is C12H23N3O2. The second kappa shape index (κ2) is 6.74. The highest BCUT2D eigenvalue weighted by Gasteiger charge is 2.26. The zero-order valence-electron chi connectivity index (χ0n) is 10.9. The van der Waals surface area contributed by atoms with E-state index in [1.54, 1.807) is 20.2 Å². The average molecular weight is 241 g/mol. The van der Waals surface area contributed by atoms with Crippen molar-refractivity contribution in [2.75, 3.05) is 26.8 Å². The predicted molar refractivity (Wildman–Crippen MR) is 66.8 cm³/mol. The summed E-state index contributed by atoms with van der Waals surface area (Å²) in [6, 6.07) is 1.87. The Kier molecular flexibility index (Phi) is 5.61. The van der Waals surface area contributed by atoms with Crippen molar-refractivity contribution < 1.29 is 9.84 Å². The van der Waals surface area contributed by atoms with E-state index in [0.29, 0.717) is 13.2 Å². The van der Waals surface area contributed by atoms with E-state index < -0.39 is 5.60 Å². The van der Waals surface area contributed by atoms with Gasteiger partial charge in [-0.05, 0) is 19.4 Å². The Balaban J connectivity index is 2.58. The summed E-state index contributed by atoms with van der Waals surface area (Å²) in [6.45, 7) is 6.59. The molecule has 1 aromatic rings. The minimum atomic E-state index is -0.903. The molecule has 5 nitrogen and oxygen atoms in total. The smallest absolute Gasteiger partial charge is 0.116 e. The Bertz CT molecular complexity index is 323. The third kappa shape index (κ3) is 4.11. The van der Waals surface area contributed by atoms with Crippen molar-refractivity contribution >= 4 is 0 Å². The molecule has 5 heteroatoms. The number of aryl methyl sites for hydroxylation is 1. The molecule has 0 radical (unpaired) electrons. The van der Waals surface area contributed by atoms with Crippen molar-refractivity contribution in [1.82, 2.24) is 15.1 Å². The quantitative estimate of drug-likeness (QED) is 0.659. The summed E-state index contributed by atoms with van der Waals surface area (Å²) >= 11 is 0. The van der Waals surface area contributed by atoms with E-state index in [1.807, 2.05) is 10.7 Å². The fourth-order valence-corrected chi connectivity index (χ4v) is 1.78. The lowest BCUT2D eigenvalue weighted by molar-refractivity contribution is 0.0456. The third-order valence-corrected chi connectivity index (χ3v) is 2.66. The van der Waals surface area contributed by atoms with Crippen LogP contribution in [0.1, 0.15) is 26.0 Å². The molecule has 1 heterocycles. The van der Waals surface area contributed by atoms with Gasteiger partial charge in [-0.2, -0.15) is 5.10 Å². The fourth-order valence-electron chi connectivity index (χ4n) is 1.78. The minimum Gasteiger partial charge on any atom is -0.383 e. The van der Waals surface area contributed by atoms with Gasteiger partial charge in [-0.1, -0.05) is 6.92 Å². The van der Waals surface area contributed by atoms with E-state index in [9.17, 15) is 5.11 Å². The molecule has 17 heavy (non-hydrogen) atoms. The first-order valence-corrected chi connectivity index (χ1v) is 6.06. The second-order valence-corrected chi connectivity index (χ2v) is 4.38. The fraction of sp³-hybridized carbons (Fsp3) is 0.750. The molecule has 2 N–H and O–H groups in total. The molecule has 0 saturated heterocycles. The number of aliphatic hydroxyl groups is 1. The van der Waals surface area contributed by atoms with Gasteiger partial charge in [0.2, 0.25) is 0 Å². The number of nitrogens with one attached hydrogen (secondary N) is 1. The van der Waals surface area contributed by atoms with E-state index in [2.05, 4.69) is 17.3 Å². The summed E-state index contributed by atoms with van der Waals surface area (Å²) in [6.07, 6.45) is 2.73. The van der Waals surface area contributed by atoms with Crippen molar-refractivity contribution in [2.45, 2.75) is 32.4 Å². The maximum absolute atomic E-state index is 10.4. The molecule has 1 rings (SSSR count). The summed E-state index contributed by atoms with van der Waals surface area (Å²) < 4.78 is 6.81. The van der Waals surface area contributed by atoms with Gasteiger partial charge in [0.25, 0.3) is 0 Å². The van der Waals surface area contributed by atoms with Gasteiger partial charge in [-0.25, -0.2) is 0 Å². The molecule has 0 fully saturated rings. The number of ether oxygens (including phenoxy) is 1. The average Bonchev–Trinajstić information content (AvgIpc) is 2.74. The lowest BCUT2D eigenvalue weighted by Crippen LogP contribution is -2.38. The van der Waals surface area contributed by atoms with Crippen LogP contribution >= 0.6 is 0 Å². The number of hydrogen-bond donors (Lipinski definition) is 2. The summed E-state index contributed by atoms with van der Waals surface area (Å²) in [5.41, 5.74) is -0.0522. The monoisotopic (exact) mass is 241 g/mol. The van der Waals surface area contributed by atoms with E-state index in [1.165, 1.54) is 0 Å². The van der Waals surface area contributed by atoms with Gasteiger partial charge in [0.15, 0.2) is 0 Å². The Hall–Kier alpha value is -0.910. The van der Waals surface area contributed by atoms with Crippen LogP contribution in [0.3, 0.4) is 0 Å². The van der Waals surface area contributed by atoms with Crippen LogP contribution in [0.15, 0.2) is 12.3 Å². The van der Waals surface area contributed by atoms with Gasteiger partial charge in [0.1, 0.15) is 5.60 Å². The summed E-state index contributed by atoms with van der Waals surface area (Å²) in [5, 5.41) is 17.8. The van der Waals surface area contributed by atoms with E-state index in [4.69, 9.17) is 4.74 Å². The molecule has 0 bridgehead atoms. The largest absolute Gasteiger partial charge is 0.383 e. The van der Waals surface area contributed by atoms with Crippen molar-refractivity contribution in [1.29, 1.82) is 0 Å². The molecule has 0 aliphatic heterocycles. The number of hydrogen-bond acceptors (Lipinski definition) is 4. The maximum Gasteiger partial charge on any atom is 0.116 e. The van der Waals surface area contributed by atoms with Crippen LogP contribution in [0.5, 0.6) is 0 Å². The predicted octanol–water partition coefficient (Wildman–Crippen LogP) is 0.737. The highest BCUT2D eigenvalue weighted by Crippen LogP contribution is 2.19. The van der Waals surface area contributed by atoms with Gasteiger partial charge in [0.05, 0.1) is 12.3 Å². The summed E-state index contributed by atoms with van der Waals surface area (Å²) in [4.78, 5) is 0. The number of nitrogens with zero attached hydrogens (tertiary/aromatic N) is 2. The summed E-state index contributed by atoms with van der Waals surface area (Å²) in [5.74, 6) is 0. The lowest BCUT2D eigenvalue weighted by atomic mass is 10.0. The Labute approximate surface area is 103 Å². The second-order valence-electron chi connectivity index (χ2n) is 4.38. The molecule has 1 aromatic heterocycles. The van der Waals surface area contributed by atoms with Gasteiger partial charge in [-0.3, -0.25) is 4.68 Å². The van der Waals surface area contributed by atoms with Crippen LogP contribution in [-0.4, -0.2) is 41.7 Å². The van der Waals surface area contributed by atoms with Crippen LogP contribution < -0.4 is 5.32 Å². The molecular weight excluding hydrogens is 218 g/mol. The van der Waals surface area contributed by atoms with Crippen molar-refractivity contribution in [2.24, 2.45) is 0 Å². The molecule has 0 aliphatic rings. The normalized spacial score (nSPS) is 14.8. The van der Waals surface area contributed by atoms with Crippen LogP contribution in [0.2, 0.25) is 0 Å². The maximum atomic E-state index is 10.4. The van der Waals surface area contributed by atoms with Crippen molar-refractivity contribution in [3.8, 4) is 0 Å². The summed E-state index contributed by atoms with van der Waals surface area (Å²) in [7, 11) is 1.66. The molecule has 0 aromatic carbocycles. The number of rotatable bonds is 8. The minimum absolute atomic E-state index is 0.492. The Morgan fingerprint density at radius 2 is 2.35 bits per heavy atom. The van der Waals surface area contributed by atoms with Crippen LogP contribution in [-0.2, 0) is 16.9 Å².